The molecule has 1 aromatic rings. The number of rotatable bonds is 3. The summed E-state index contributed by atoms with van der Waals surface area (Å²) in [6.07, 6.45) is 1.52. The highest BCUT2D eigenvalue weighted by Gasteiger charge is 2.23. The Morgan fingerprint density at radius 1 is 1.37 bits per heavy atom. The summed E-state index contributed by atoms with van der Waals surface area (Å²) in [6.45, 7) is 6.46. The fourth-order valence-electron chi connectivity index (χ4n) is 2.17. The van der Waals surface area contributed by atoms with E-state index >= 15 is 0 Å². The van der Waals surface area contributed by atoms with Crippen LogP contribution in [0.25, 0.3) is 0 Å². The van der Waals surface area contributed by atoms with Crippen LogP contribution in [-0.4, -0.2) is 18.4 Å². The Kier molecular flexibility index (Phi) is 3.88. The van der Waals surface area contributed by atoms with Gasteiger partial charge in [-0.2, -0.15) is 0 Å². The fourth-order valence-corrected chi connectivity index (χ4v) is 2.17. The van der Waals surface area contributed by atoms with Crippen molar-refractivity contribution in [2.24, 2.45) is 5.92 Å². The van der Waals surface area contributed by atoms with E-state index in [9.17, 15) is 9.59 Å². The van der Waals surface area contributed by atoms with Gasteiger partial charge in [-0.25, -0.2) is 0 Å². The van der Waals surface area contributed by atoms with Crippen LogP contribution in [0.3, 0.4) is 0 Å². The molecule has 0 radical (unpaired) electrons. The maximum atomic E-state index is 11.8. The molecule has 1 fully saturated rings. The van der Waals surface area contributed by atoms with E-state index in [1.54, 1.807) is 4.90 Å². The molecule has 1 aliphatic heterocycles. The smallest absolute Gasteiger partial charge is 0.227 e. The van der Waals surface area contributed by atoms with Gasteiger partial charge in [0.1, 0.15) is 0 Å². The molecule has 19 heavy (non-hydrogen) atoms. The zero-order chi connectivity index (χ0) is 14.0. The van der Waals surface area contributed by atoms with Gasteiger partial charge in [-0.3, -0.25) is 9.59 Å². The number of carbonyl (C=O) groups excluding carboxylic acids is 2. The van der Waals surface area contributed by atoms with Crippen molar-refractivity contribution in [3.8, 4) is 0 Å². The van der Waals surface area contributed by atoms with Crippen LogP contribution < -0.4 is 10.2 Å². The number of anilines is 2. The summed E-state index contributed by atoms with van der Waals surface area (Å²) >= 11 is 0. The predicted octanol–water partition coefficient (Wildman–Crippen LogP) is 2.72. The van der Waals surface area contributed by atoms with E-state index in [1.165, 1.54) is 0 Å². The van der Waals surface area contributed by atoms with Gasteiger partial charge in [0.05, 0.1) is 0 Å². The zero-order valence-corrected chi connectivity index (χ0v) is 11.7. The van der Waals surface area contributed by atoms with Crippen molar-refractivity contribution in [1.29, 1.82) is 0 Å². The molecular weight excluding hydrogens is 240 g/mol. The fraction of sp³-hybridized carbons (Fsp3) is 0.467. The van der Waals surface area contributed by atoms with Crippen molar-refractivity contribution in [1.82, 2.24) is 0 Å². The van der Waals surface area contributed by atoms with Gasteiger partial charge in [0.2, 0.25) is 11.8 Å². The molecule has 1 aromatic carbocycles. The first-order valence-electron chi connectivity index (χ1n) is 6.71. The molecule has 0 atom stereocenters. The Labute approximate surface area is 113 Å². The highest BCUT2D eigenvalue weighted by atomic mass is 16.2. The summed E-state index contributed by atoms with van der Waals surface area (Å²) in [5, 5.41) is 2.87. The molecule has 1 saturated heterocycles. The van der Waals surface area contributed by atoms with Crippen LogP contribution in [0.1, 0.15) is 32.3 Å². The number of hydrogen-bond donors (Lipinski definition) is 1. The topological polar surface area (TPSA) is 49.4 Å². The second kappa shape index (κ2) is 5.43. The first kappa shape index (κ1) is 13.6. The second-order valence-corrected chi connectivity index (χ2v) is 5.29. The number of nitrogens with zero attached hydrogens (tertiary/aromatic N) is 1. The van der Waals surface area contributed by atoms with Gasteiger partial charge in [-0.15, -0.1) is 0 Å². The van der Waals surface area contributed by atoms with Gasteiger partial charge in [-0.1, -0.05) is 19.9 Å². The summed E-state index contributed by atoms with van der Waals surface area (Å²) in [5.74, 6) is 0.0937. The van der Waals surface area contributed by atoms with Crippen LogP contribution >= 0.6 is 0 Å². The molecule has 1 heterocycles. The molecular formula is C15H20N2O2. The minimum atomic E-state index is -0.0572. The van der Waals surface area contributed by atoms with Crippen molar-refractivity contribution in [3.63, 3.8) is 0 Å². The van der Waals surface area contributed by atoms with Crippen molar-refractivity contribution < 1.29 is 9.59 Å². The molecule has 2 rings (SSSR count). The third-order valence-electron chi connectivity index (χ3n) is 3.37. The first-order valence-corrected chi connectivity index (χ1v) is 6.71. The maximum absolute atomic E-state index is 11.8. The van der Waals surface area contributed by atoms with Crippen LogP contribution in [0.4, 0.5) is 11.4 Å². The van der Waals surface area contributed by atoms with E-state index in [4.69, 9.17) is 0 Å². The van der Waals surface area contributed by atoms with Gasteiger partial charge >= 0.3 is 0 Å². The molecule has 0 unspecified atom stereocenters. The highest BCUT2D eigenvalue weighted by molar-refractivity contribution is 5.98. The number of amides is 2. The molecule has 0 aliphatic carbocycles. The molecule has 102 valence electrons. The lowest BCUT2D eigenvalue weighted by Crippen LogP contribution is -2.25. The third kappa shape index (κ3) is 2.95. The lowest BCUT2D eigenvalue weighted by atomic mass is 10.1. The molecule has 4 nitrogen and oxygen atoms in total. The van der Waals surface area contributed by atoms with Crippen molar-refractivity contribution >= 4 is 23.2 Å². The Bertz CT molecular complexity index is 509. The van der Waals surface area contributed by atoms with Gasteiger partial charge in [0.15, 0.2) is 0 Å². The average Bonchev–Trinajstić information content (AvgIpc) is 2.77. The summed E-state index contributed by atoms with van der Waals surface area (Å²) in [6, 6.07) is 5.70. The molecule has 4 heteroatoms. The van der Waals surface area contributed by atoms with E-state index in [2.05, 4.69) is 5.32 Å². The number of nitrogens with one attached hydrogen (secondary N) is 1. The van der Waals surface area contributed by atoms with Crippen LogP contribution in [0, 0.1) is 12.8 Å². The van der Waals surface area contributed by atoms with E-state index in [-0.39, 0.29) is 17.7 Å². The first-order chi connectivity index (χ1) is 8.99. The quantitative estimate of drug-likeness (QED) is 0.908. The number of hydrogen-bond acceptors (Lipinski definition) is 2. The van der Waals surface area contributed by atoms with Gasteiger partial charge in [0, 0.05) is 30.3 Å². The van der Waals surface area contributed by atoms with Gasteiger partial charge in [-0.05, 0) is 31.0 Å². The average molecular weight is 260 g/mol. The van der Waals surface area contributed by atoms with E-state index < -0.39 is 0 Å². The molecule has 0 bridgehead atoms. The van der Waals surface area contributed by atoms with E-state index in [0.29, 0.717) is 6.42 Å². The minimum Gasteiger partial charge on any atom is -0.326 e. The predicted molar refractivity (Wildman–Crippen MR) is 76.2 cm³/mol. The normalized spacial score (nSPS) is 15.2. The summed E-state index contributed by atoms with van der Waals surface area (Å²) in [7, 11) is 0. The van der Waals surface area contributed by atoms with Gasteiger partial charge in [0.25, 0.3) is 0 Å². The van der Waals surface area contributed by atoms with Crippen LogP contribution in [0.15, 0.2) is 18.2 Å². The van der Waals surface area contributed by atoms with Crippen molar-refractivity contribution in [2.45, 2.75) is 33.6 Å². The van der Waals surface area contributed by atoms with E-state index in [1.807, 2.05) is 39.0 Å². The summed E-state index contributed by atoms with van der Waals surface area (Å²) < 4.78 is 0. The van der Waals surface area contributed by atoms with Gasteiger partial charge < -0.3 is 10.2 Å². The zero-order valence-electron chi connectivity index (χ0n) is 11.7. The summed E-state index contributed by atoms with van der Waals surface area (Å²) in [5.41, 5.74) is 2.71. The van der Waals surface area contributed by atoms with E-state index in [0.717, 1.165) is 29.9 Å². The molecule has 0 spiro atoms. The number of aryl methyl sites for hydroxylation is 1. The minimum absolute atomic E-state index is 0.0115. The molecule has 1 aliphatic rings. The standard InChI is InChI=1S/C15H20N2O2/c1-10(2)15(19)16-12-7-6-11(3)13(9-12)17-8-4-5-14(17)18/h6-7,9-10H,4-5,8H2,1-3H3,(H,16,19). The monoisotopic (exact) mass is 260 g/mol. The molecule has 2 amide bonds. The van der Waals surface area contributed by atoms with Crippen molar-refractivity contribution in [2.75, 3.05) is 16.8 Å². The lowest BCUT2D eigenvalue weighted by molar-refractivity contribution is -0.119. The van der Waals surface area contributed by atoms with Crippen LogP contribution in [0.2, 0.25) is 0 Å². The lowest BCUT2D eigenvalue weighted by Gasteiger charge is -2.19. The third-order valence-corrected chi connectivity index (χ3v) is 3.37. The Morgan fingerprint density at radius 2 is 2.11 bits per heavy atom. The number of benzene rings is 1. The SMILES string of the molecule is Cc1ccc(NC(=O)C(C)C)cc1N1CCCC1=O. The number of carbonyl (C=O) groups is 2. The Morgan fingerprint density at radius 3 is 2.68 bits per heavy atom. The summed E-state index contributed by atoms with van der Waals surface area (Å²) in [4.78, 5) is 25.3. The Hall–Kier alpha value is -1.84. The Balaban J connectivity index is 2.24. The maximum Gasteiger partial charge on any atom is 0.227 e. The largest absolute Gasteiger partial charge is 0.326 e. The van der Waals surface area contributed by atoms with Crippen LogP contribution in [-0.2, 0) is 9.59 Å². The molecule has 0 saturated carbocycles. The van der Waals surface area contributed by atoms with Crippen LogP contribution in [0.5, 0.6) is 0 Å². The molecule has 1 N–H and O–H groups in total. The molecule has 0 aromatic heterocycles. The second-order valence-electron chi connectivity index (χ2n) is 5.29. The van der Waals surface area contributed by atoms with Crippen molar-refractivity contribution in [3.05, 3.63) is 23.8 Å². The highest BCUT2D eigenvalue weighted by Crippen LogP contribution is 2.28.